The molecule has 0 spiro atoms. The number of nitrogens with zero attached hydrogens (tertiary/aromatic N) is 3. The molecule has 3 aromatic rings. The predicted octanol–water partition coefficient (Wildman–Crippen LogP) is 2.78. The second-order valence-corrected chi connectivity index (χ2v) is 10.3. The van der Waals surface area contributed by atoms with Crippen LogP contribution in [0.1, 0.15) is 27.6 Å². The fourth-order valence-electron chi connectivity index (χ4n) is 4.13. The first-order chi connectivity index (χ1) is 17.3. The molecule has 1 fully saturated rings. The maximum absolute atomic E-state index is 13.1. The van der Waals surface area contributed by atoms with Gasteiger partial charge in [-0.3, -0.25) is 9.59 Å². The Morgan fingerprint density at radius 2 is 1.61 bits per heavy atom. The molecule has 3 heterocycles. The number of nitrogens with one attached hydrogen (secondary N) is 1. The number of hydrogen-bond donors (Lipinski definition) is 1. The maximum Gasteiger partial charge on any atom is 0.255 e. The van der Waals surface area contributed by atoms with Crippen LogP contribution in [0.4, 0.5) is 11.5 Å². The van der Waals surface area contributed by atoms with Crippen LogP contribution in [-0.4, -0.2) is 62.4 Å². The Balaban J connectivity index is 1.27. The number of carbonyl (C=O) groups is 2. The van der Waals surface area contributed by atoms with Gasteiger partial charge in [-0.05, 0) is 49.4 Å². The summed E-state index contributed by atoms with van der Waals surface area (Å²) in [6.07, 6.45) is 1.63. The molecular formula is C25H24N4O6S. The average Bonchev–Trinajstić information content (AvgIpc) is 3.37. The van der Waals surface area contributed by atoms with Gasteiger partial charge in [-0.15, -0.1) is 0 Å². The number of fused-ring (bicyclic) bond motifs is 1. The van der Waals surface area contributed by atoms with Crippen LogP contribution in [-0.2, 0) is 10.0 Å². The van der Waals surface area contributed by atoms with E-state index in [1.54, 1.807) is 36.5 Å². The summed E-state index contributed by atoms with van der Waals surface area (Å²) in [5, 5.41) is 2.90. The smallest absolute Gasteiger partial charge is 0.255 e. The fraction of sp³-hybridized carbons (Fsp3) is 0.240. The molecule has 0 bridgehead atoms. The van der Waals surface area contributed by atoms with E-state index in [-0.39, 0.29) is 36.5 Å². The average molecular weight is 509 g/mol. The van der Waals surface area contributed by atoms with Gasteiger partial charge in [0.2, 0.25) is 16.8 Å². The van der Waals surface area contributed by atoms with Gasteiger partial charge in [-0.2, -0.15) is 4.31 Å². The molecule has 1 amide bonds. The summed E-state index contributed by atoms with van der Waals surface area (Å²) in [4.78, 5) is 30.9. The van der Waals surface area contributed by atoms with Crippen LogP contribution >= 0.6 is 0 Å². The molecule has 10 nitrogen and oxygen atoms in total. The third kappa shape index (κ3) is 4.62. The molecule has 1 aromatic heterocycles. The number of amides is 1. The molecule has 0 saturated carbocycles. The fourth-order valence-corrected chi connectivity index (χ4v) is 5.55. The molecular weight excluding hydrogens is 484 g/mol. The van der Waals surface area contributed by atoms with Crippen molar-refractivity contribution in [1.82, 2.24) is 9.29 Å². The molecule has 11 heteroatoms. The molecule has 186 valence electrons. The number of piperazine rings is 1. The number of pyridine rings is 1. The van der Waals surface area contributed by atoms with Gasteiger partial charge in [0.05, 0.1) is 10.6 Å². The summed E-state index contributed by atoms with van der Waals surface area (Å²) in [6, 6.07) is 14.4. The third-order valence-corrected chi connectivity index (χ3v) is 8.02. The lowest BCUT2D eigenvalue weighted by Crippen LogP contribution is -2.49. The van der Waals surface area contributed by atoms with Crippen molar-refractivity contribution in [1.29, 1.82) is 0 Å². The highest BCUT2D eigenvalue weighted by molar-refractivity contribution is 7.89. The van der Waals surface area contributed by atoms with Gasteiger partial charge in [0, 0.05) is 43.5 Å². The van der Waals surface area contributed by atoms with E-state index in [4.69, 9.17) is 9.47 Å². The molecule has 0 radical (unpaired) electrons. The standard InChI is InChI=1S/C25H24N4O6S/c1-17(30)18-4-7-20(8-5-18)36(32,33)29-13-11-28(12-14-29)24-21(3-2-10-26-24)27-25(31)19-6-9-22-23(15-19)35-16-34-22/h2-10,15H,11-14,16H2,1H3,(H,27,31). The Kier molecular flexibility index (Phi) is 6.33. The first-order valence-corrected chi connectivity index (χ1v) is 12.8. The van der Waals surface area contributed by atoms with Crippen LogP contribution < -0.4 is 19.7 Å². The minimum absolute atomic E-state index is 0.121. The van der Waals surface area contributed by atoms with Crippen molar-refractivity contribution >= 4 is 33.2 Å². The number of carbonyl (C=O) groups excluding carboxylic acids is 2. The lowest BCUT2D eigenvalue weighted by atomic mass is 10.2. The summed E-state index contributed by atoms with van der Waals surface area (Å²) in [5.74, 6) is 1.23. The van der Waals surface area contributed by atoms with E-state index in [1.807, 2.05) is 4.90 Å². The number of rotatable bonds is 6. The van der Waals surface area contributed by atoms with Crippen LogP contribution in [0.2, 0.25) is 0 Å². The van der Waals surface area contributed by atoms with Crippen LogP contribution in [0.5, 0.6) is 11.5 Å². The van der Waals surface area contributed by atoms with Gasteiger partial charge >= 0.3 is 0 Å². The van der Waals surface area contributed by atoms with Crippen LogP contribution in [0.25, 0.3) is 0 Å². The maximum atomic E-state index is 13.1. The van der Waals surface area contributed by atoms with E-state index in [9.17, 15) is 18.0 Å². The zero-order chi connectivity index (χ0) is 25.3. The highest BCUT2D eigenvalue weighted by Gasteiger charge is 2.30. The monoisotopic (exact) mass is 508 g/mol. The molecule has 0 aliphatic carbocycles. The van der Waals surface area contributed by atoms with Crippen molar-refractivity contribution in [2.75, 3.05) is 43.2 Å². The molecule has 2 aliphatic heterocycles. The topological polar surface area (TPSA) is 118 Å². The Morgan fingerprint density at radius 3 is 2.33 bits per heavy atom. The van der Waals surface area contributed by atoms with Gasteiger partial charge in [0.15, 0.2) is 23.1 Å². The van der Waals surface area contributed by atoms with E-state index in [2.05, 4.69) is 10.3 Å². The van der Waals surface area contributed by atoms with Crippen molar-refractivity contribution in [3.63, 3.8) is 0 Å². The predicted molar refractivity (Wildman–Crippen MR) is 132 cm³/mol. The van der Waals surface area contributed by atoms with Crippen molar-refractivity contribution in [3.05, 3.63) is 71.9 Å². The lowest BCUT2D eigenvalue weighted by Gasteiger charge is -2.35. The minimum Gasteiger partial charge on any atom is -0.454 e. The van der Waals surface area contributed by atoms with Gasteiger partial charge in [-0.1, -0.05) is 12.1 Å². The molecule has 2 aliphatic rings. The van der Waals surface area contributed by atoms with Crippen LogP contribution in [0, 0.1) is 0 Å². The minimum atomic E-state index is -3.70. The van der Waals surface area contributed by atoms with Crippen molar-refractivity contribution in [2.45, 2.75) is 11.8 Å². The van der Waals surface area contributed by atoms with E-state index in [0.29, 0.717) is 47.2 Å². The molecule has 0 unspecified atom stereocenters. The zero-order valence-electron chi connectivity index (χ0n) is 19.5. The van der Waals surface area contributed by atoms with E-state index in [1.165, 1.54) is 35.5 Å². The van der Waals surface area contributed by atoms with E-state index >= 15 is 0 Å². The second kappa shape index (κ2) is 9.59. The Morgan fingerprint density at radius 1 is 0.917 bits per heavy atom. The Hall–Kier alpha value is -3.96. The third-order valence-electron chi connectivity index (χ3n) is 6.11. The van der Waals surface area contributed by atoms with E-state index < -0.39 is 10.0 Å². The first-order valence-electron chi connectivity index (χ1n) is 11.3. The van der Waals surface area contributed by atoms with Crippen molar-refractivity contribution in [3.8, 4) is 11.5 Å². The first kappa shape index (κ1) is 23.8. The van der Waals surface area contributed by atoms with E-state index in [0.717, 1.165) is 0 Å². The largest absolute Gasteiger partial charge is 0.454 e. The summed E-state index contributed by atoms with van der Waals surface area (Å²) in [7, 11) is -3.70. The number of aromatic nitrogens is 1. The lowest BCUT2D eigenvalue weighted by molar-refractivity contribution is 0.101. The van der Waals surface area contributed by atoms with Crippen molar-refractivity contribution < 1.29 is 27.5 Å². The molecule has 1 N–H and O–H groups in total. The number of benzene rings is 2. The summed E-state index contributed by atoms with van der Waals surface area (Å²) < 4.78 is 38.2. The number of sulfonamides is 1. The summed E-state index contributed by atoms with van der Waals surface area (Å²) >= 11 is 0. The number of anilines is 2. The van der Waals surface area contributed by atoms with Crippen LogP contribution in [0.3, 0.4) is 0 Å². The van der Waals surface area contributed by atoms with Gasteiger partial charge in [0.1, 0.15) is 0 Å². The normalized spacial score (nSPS) is 15.5. The molecule has 5 rings (SSSR count). The Labute approximate surface area is 208 Å². The second-order valence-electron chi connectivity index (χ2n) is 8.37. The number of ketones is 1. The van der Waals surface area contributed by atoms with Gasteiger partial charge < -0.3 is 19.7 Å². The quantitative estimate of drug-likeness (QED) is 0.505. The number of Topliss-reactive ketones (excluding diaryl/α,β-unsaturated/α-hetero) is 1. The Bertz CT molecular complexity index is 1420. The number of ether oxygens (including phenoxy) is 2. The molecule has 2 aromatic carbocycles. The van der Waals surface area contributed by atoms with Crippen LogP contribution in [0.15, 0.2) is 65.7 Å². The molecule has 36 heavy (non-hydrogen) atoms. The summed E-state index contributed by atoms with van der Waals surface area (Å²) in [5.41, 5.74) is 1.40. The highest BCUT2D eigenvalue weighted by Crippen LogP contribution is 2.33. The van der Waals surface area contributed by atoms with Gasteiger partial charge in [-0.25, -0.2) is 13.4 Å². The van der Waals surface area contributed by atoms with Crippen molar-refractivity contribution in [2.24, 2.45) is 0 Å². The summed E-state index contributed by atoms with van der Waals surface area (Å²) in [6.45, 7) is 2.86. The molecule has 0 atom stereocenters. The number of hydrogen-bond acceptors (Lipinski definition) is 8. The highest BCUT2D eigenvalue weighted by atomic mass is 32.2. The molecule has 1 saturated heterocycles. The zero-order valence-corrected chi connectivity index (χ0v) is 20.3. The van der Waals surface area contributed by atoms with Gasteiger partial charge in [0.25, 0.3) is 5.91 Å². The SMILES string of the molecule is CC(=O)c1ccc(S(=O)(=O)N2CCN(c3ncccc3NC(=O)c3ccc4c(c3)OCO4)CC2)cc1.